The third-order valence-electron chi connectivity index (χ3n) is 3.27. The van der Waals surface area contributed by atoms with Crippen molar-refractivity contribution in [3.8, 4) is 0 Å². The van der Waals surface area contributed by atoms with E-state index in [1.807, 2.05) is 20.0 Å². The molecule has 130 valence electrons. The Hall–Kier alpha value is -2.17. The number of nitro groups is 1. The minimum atomic E-state index is -0.410. The number of halogens is 1. The number of non-ortho nitro benzene ring substituents is 1. The molecule has 0 aliphatic carbocycles. The van der Waals surface area contributed by atoms with Gasteiger partial charge in [-0.25, -0.2) is 4.99 Å². The van der Waals surface area contributed by atoms with Crippen LogP contribution in [0, 0.1) is 10.1 Å². The molecule has 0 unspecified atom stereocenters. The summed E-state index contributed by atoms with van der Waals surface area (Å²) in [6.45, 7) is 3.80. The van der Waals surface area contributed by atoms with Crippen LogP contribution in [-0.4, -0.2) is 27.2 Å². The minimum Gasteiger partial charge on any atom is -0.357 e. The molecule has 0 spiro atoms. The Bertz CT molecular complexity index is 684. The Kier molecular flexibility index (Phi) is 8.16. The van der Waals surface area contributed by atoms with Crippen LogP contribution in [0.2, 0.25) is 0 Å². The monoisotopic (exact) mass is 444 g/mol. The smallest absolute Gasteiger partial charge is 0.269 e. The van der Waals surface area contributed by atoms with Crippen LogP contribution >= 0.6 is 24.0 Å². The van der Waals surface area contributed by atoms with Gasteiger partial charge >= 0.3 is 0 Å². The van der Waals surface area contributed by atoms with Gasteiger partial charge in [-0.3, -0.25) is 14.8 Å². The molecule has 2 N–H and O–H groups in total. The summed E-state index contributed by atoms with van der Waals surface area (Å²) in [4.78, 5) is 14.7. The molecule has 1 heterocycles. The Morgan fingerprint density at radius 2 is 2.00 bits per heavy atom. The summed E-state index contributed by atoms with van der Waals surface area (Å²) in [5.74, 6) is 0.687. The average Bonchev–Trinajstić information content (AvgIpc) is 2.95. The second-order valence-corrected chi connectivity index (χ2v) is 4.92. The summed E-state index contributed by atoms with van der Waals surface area (Å²) in [5, 5.41) is 21.2. The van der Waals surface area contributed by atoms with Crippen molar-refractivity contribution in [3.63, 3.8) is 0 Å². The number of nitrogens with zero attached hydrogens (tertiary/aromatic N) is 4. The van der Waals surface area contributed by atoms with Crippen LogP contribution in [0.1, 0.15) is 18.2 Å². The van der Waals surface area contributed by atoms with Crippen LogP contribution in [0.3, 0.4) is 0 Å². The molecule has 2 aromatic rings. The highest BCUT2D eigenvalue weighted by atomic mass is 127. The van der Waals surface area contributed by atoms with Crippen molar-refractivity contribution in [2.24, 2.45) is 12.0 Å². The Morgan fingerprint density at radius 1 is 1.29 bits per heavy atom. The van der Waals surface area contributed by atoms with Crippen LogP contribution < -0.4 is 10.6 Å². The van der Waals surface area contributed by atoms with Gasteiger partial charge in [-0.05, 0) is 18.6 Å². The van der Waals surface area contributed by atoms with E-state index >= 15 is 0 Å². The highest BCUT2D eigenvalue weighted by molar-refractivity contribution is 14.0. The number of nitrogens with one attached hydrogen (secondary N) is 2. The van der Waals surface area contributed by atoms with Gasteiger partial charge in [0.05, 0.1) is 23.7 Å². The first-order chi connectivity index (χ1) is 11.1. The number of nitro benzene ring substituents is 1. The number of rotatable bonds is 6. The minimum absolute atomic E-state index is 0. The van der Waals surface area contributed by atoms with E-state index in [4.69, 9.17) is 0 Å². The van der Waals surface area contributed by atoms with Crippen molar-refractivity contribution >= 4 is 35.6 Å². The lowest BCUT2D eigenvalue weighted by molar-refractivity contribution is -0.384. The number of hydrogen-bond donors (Lipinski definition) is 2. The maximum atomic E-state index is 10.6. The van der Waals surface area contributed by atoms with Crippen molar-refractivity contribution in [2.45, 2.75) is 20.0 Å². The van der Waals surface area contributed by atoms with Crippen LogP contribution in [0.5, 0.6) is 0 Å². The average molecular weight is 444 g/mol. The lowest BCUT2D eigenvalue weighted by Gasteiger charge is -2.11. The van der Waals surface area contributed by atoms with Gasteiger partial charge in [-0.1, -0.05) is 12.1 Å². The highest BCUT2D eigenvalue weighted by Crippen LogP contribution is 2.12. The zero-order chi connectivity index (χ0) is 16.7. The fraction of sp³-hybridized carbons (Fsp3) is 0.333. The van der Waals surface area contributed by atoms with Crippen molar-refractivity contribution < 1.29 is 4.92 Å². The number of benzene rings is 1. The van der Waals surface area contributed by atoms with Crippen molar-refractivity contribution in [1.82, 2.24) is 20.4 Å². The SMILES string of the molecule is CCNC(=NCc1ccc([N+](=O)[O-])cc1)NCc1ccnn1C.I. The van der Waals surface area contributed by atoms with Crippen LogP contribution in [-0.2, 0) is 20.1 Å². The van der Waals surface area contributed by atoms with Gasteiger partial charge < -0.3 is 10.6 Å². The van der Waals surface area contributed by atoms with E-state index in [0.29, 0.717) is 19.0 Å². The first-order valence-electron chi connectivity index (χ1n) is 7.32. The van der Waals surface area contributed by atoms with Gasteiger partial charge in [-0.15, -0.1) is 24.0 Å². The lowest BCUT2D eigenvalue weighted by Crippen LogP contribution is -2.37. The number of guanidine groups is 1. The van der Waals surface area contributed by atoms with Gasteiger partial charge in [0.2, 0.25) is 0 Å². The molecule has 2 rings (SSSR count). The van der Waals surface area contributed by atoms with E-state index in [1.54, 1.807) is 23.0 Å². The second kappa shape index (κ2) is 9.85. The molecular weight excluding hydrogens is 423 g/mol. The molecular formula is C15H21IN6O2. The molecule has 1 aromatic heterocycles. The third kappa shape index (κ3) is 5.80. The quantitative estimate of drug-likeness (QED) is 0.234. The fourth-order valence-corrected chi connectivity index (χ4v) is 1.98. The Balaban J connectivity index is 0.00000288. The van der Waals surface area contributed by atoms with E-state index < -0.39 is 4.92 Å². The molecule has 0 atom stereocenters. The summed E-state index contributed by atoms with van der Waals surface area (Å²) in [6.07, 6.45) is 1.75. The summed E-state index contributed by atoms with van der Waals surface area (Å²) < 4.78 is 1.80. The zero-order valence-corrected chi connectivity index (χ0v) is 15.9. The number of aryl methyl sites for hydroxylation is 1. The molecule has 24 heavy (non-hydrogen) atoms. The molecule has 1 aromatic carbocycles. The van der Waals surface area contributed by atoms with Crippen LogP contribution in [0.25, 0.3) is 0 Å². The number of aliphatic imine (C=N–C) groups is 1. The molecule has 0 fully saturated rings. The van der Waals surface area contributed by atoms with E-state index in [2.05, 4.69) is 20.7 Å². The van der Waals surface area contributed by atoms with Crippen LogP contribution in [0.4, 0.5) is 5.69 Å². The molecule has 0 saturated heterocycles. The molecule has 0 aliphatic heterocycles. The number of aromatic nitrogens is 2. The zero-order valence-electron chi connectivity index (χ0n) is 13.6. The Morgan fingerprint density at radius 3 is 2.54 bits per heavy atom. The van der Waals surface area contributed by atoms with Gasteiger partial charge in [0.15, 0.2) is 5.96 Å². The van der Waals surface area contributed by atoms with Gasteiger partial charge in [-0.2, -0.15) is 5.10 Å². The summed E-state index contributed by atoms with van der Waals surface area (Å²) >= 11 is 0. The fourth-order valence-electron chi connectivity index (χ4n) is 1.98. The largest absolute Gasteiger partial charge is 0.357 e. The first kappa shape index (κ1) is 19.9. The normalized spacial score (nSPS) is 10.8. The van der Waals surface area contributed by atoms with Gasteiger partial charge in [0, 0.05) is 31.9 Å². The number of hydrogen-bond acceptors (Lipinski definition) is 4. The maximum absolute atomic E-state index is 10.6. The van der Waals surface area contributed by atoms with Gasteiger partial charge in [0.25, 0.3) is 5.69 Å². The van der Waals surface area contributed by atoms with Crippen molar-refractivity contribution in [2.75, 3.05) is 6.54 Å². The molecule has 0 radical (unpaired) electrons. The van der Waals surface area contributed by atoms with Gasteiger partial charge in [0.1, 0.15) is 0 Å². The van der Waals surface area contributed by atoms with Crippen molar-refractivity contribution in [1.29, 1.82) is 0 Å². The molecule has 0 bridgehead atoms. The van der Waals surface area contributed by atoms with E-state index in [9.17, 15) is 10.1 Å². The Labute approximate surface area is 157 Å². The second-order valence-electron chi connectivity index (χ2n) is 4.92. The summed E-state index contributed by atoms with van der Waals surface area (Å²) in [6, 6.07) is 8.34. The molecule has 0 aliphatic rings. The molecule has 8 nitrogen and oxygen atoms in total. The predicted molar refractivity (Wildman–Crippen MR) is 103 cm³/mol. The van der Waals surface area contributed by atoms with Crippen molar-refractivity contribution in [3.05, 3.63) is 57.9 Å². The lowest BCUT2D eigenvalue weighted by atomic mass is 10.2. The van der Waals surface area contributed by atoms with E-state index in [1.165, 1.54) is 12.1 Å². The molecule has 0 amide bonds. The topological polar surface area (TPSA) is 97.4 Å². The predicted octanol–water partition coefficient (Wildman–Crippen LogP) is 2.20. The first-order valence-corrected chi connectivity index (χ1v) is 7.32. The summed E-state index contributed by atoms with van der Waals surface area (Å²) in [5.41, 5.74) is 2.04. The van der Waals surface area contributed by atoms with Crippen LogP contribution in [0.15, 0.2) is 41.5 Å². The highest BCUT2D eigenvalue weighted by Gasteiger charge is 2.04. The summed E-state index contributed by atoms with van der Waals surface area (Å²) in [7, 11) is 1.89. The molecule has 9 heteroatoms. The van der Waals surface area contributed by atoms with E-state index in [-0.39, 0.29) is 29.7 Å². The maximum Gasteiger partial charge on any atom is 0.269 e. The van der Waals surface area contributed by atoms with E-state index in [0.717, 1.165) is 17.8 Å². The third-order valence-corrected chi connectivity index (χ3v) is 3.27. The standard InChI is InChI=1S/C15H20N6O2.HI/c1-3-16-15(18-11-14-8-9-19-20(14)2)17-10-12-4-6-13(7-5-12)21(22)23;/h4-9H,3,10-11H2,1-2H3,(H2,16,17,18);1H. The molecule has 0 saturated carbocycles.